The van der Waals surface area contributed by atoms with Crippen molar-refractivity contribution in [3.63, 3.8) is 0 Å². The molecule has 1 unspecified atom stereocenters. The van der Waals surface area contributed by atoms with E-state index >= 15 is 0 Å². The average Bonchev–Trinajstić information content (AvgIpc) is 3.01. The molecule has 3 nitrogen and oxygen atoms in total. The fourth-order valence-corrected chi connectivity index (χ4v) is 2.17. The van der Waals surface area contributed by atoms with Gasteiger partial charge in [-0.15, -0.1) is 0 Å². The van der Waals surface area contributed by atoms with Gasteiger partial charge in [-0.25, -0.2) is 4.79 Å². The fourth-order valence-electron chi connectivity index (χ4n) is 2.17. The molecule has 80 valence electrons. The highest BCUT2D eigenvalue weighted by atomic mass is 16.5. The number of rotatable bonds is 4. The largest absolute Gasteiger partial charge is 0.479 e. The standard InChI is InChI=1S/C12H14O3/c1-15-10(11(13)14)12(7-8-12)9-5-3-2-4-6-9/h2-6,10H,7-8H2,1H3,(H,13,14). The number of benzene rings is 1. The van der Waals surface area contributed by atoms with E-state index in [0.29, 0.717) is 0 Å². The zero-order valence-electron chi connectivity index (χ0n) is 8.64. The van der Waals surface area contributed by atoms with Crippen LogP contribution in [0.2, 0.25) is 0 Å². The van der Waals surface area contributed by atoms with E-state index in [1.165, 1.54) is 7.11 Å². The van der Waals surface area contributed by atoms with E-state index in [1.54, 1.807) is 0 Å². The Kier molecular flexibility index (Phi) is 2.49. The summed E-state index contributed by atoms with van der Waals surface area (Å²) >= 11 is 0. The predicted octanol–water partition coefficient (Wildman–Crippen LogP) is 1.82. The van der Waals surface area contributed by atoms with Crippen LogP contribution in [0.4, 0.5) is 0 Å². The third-order valence-corrected chi connectivity index (χ3v) is 3.10. The maximum atomic E-state index is 11.1. The number of hydrogen-bond donors (Lipinski definition) is 1. The lowest BCUT2D eigenvalue weighted by molar-refractivity contribution is -0.150. The summed E-state index contributed by atoms with van der Waals surface area (Å²) in [6, 6.07) is 9.75. The summed E-state index contributed by atoms with van der Waals surface area (Å²) in [6.45, 7) is 0. The summed E-state index contributed by atoms with van der Waals surface area (Å²) in [6.07, 6.45) is 1.06. The van der Waals surface area contributed by atoms with E-state index in [4.69, 9.17) is 9.84 Å². The van der Waals surface area contributed by atoms with Crippen LogP contribution in [0, 0.1) is 0 Å². The van der Waals surface area contributed by atoms with Crippen LogP contribution in [-0.2, 0) is 14.9 Å². The van der Waals surface area contributed by atoms with Crippen molar-refractivity contribution in [3.8, 4) is 0 Å². The van der Waals surface area contributed by atoms with Crippen molar-refractivity contribution < 1.29 is 14.6 Å². The number of aliphatic carboxylic acids is 1. The molecule has 0 aromatic heterocycles. The van der Waals surface area contributed by atoms with Gasteiger partial charge in [-0.2, -0.15) is 0 Å². The number of hydrogen-bond acceptors (Lipinski definition) is 2. The Morgan fingerprint density at radius 2 is 2.00 bits per heavy atom. The van der Waals surface area contributed by atoms with Gasteiger partial charge in [0, 0.05) is 12.5 Å². The van der Waals surface area contributed by atoms with Crippen LogP contribution >= 0.6 is 0 Å². The molecule has 1 N–H and O–H groups in total. The molecular formula is C12H14O3. The minimum atomic E-state index is -0.876. The van der Waals surface area contributed by atoms with Crippen molar-refractivity contribution in [2.75, 3.05) is 7.11 Å². The Hall–Kier alpha value is -1.35. The van der Waals surface area contributed by atoms with E-state index in [9.17, 15) is 4.79 Å². The summed E-state index contributed by atoms with van der Waals surface area (Å²) < 4.78 is 5.09. The molecule has 0 bridgehead atoms. The lowest BCUT2D eigenvalue weighted by atomic mass is 9.90. The minimum Gasteiger partial charge on any atom is -0.479 e. The first-order valence-electron chi connectivity index (χ1n) is 5.02. The lowest BCUT2D eigenvalue weighted by Gasteiger charge is -2.22. The normalized spacial score (nSPS) is 19.5. The van der Waals surface area contributed by atoms with Gasteiger partial charge in [-0.05, 0) is 18.4 Å². The van der Waals surface area contributed by atoms with Gasteiger partial charge in [0.2, 0.25) is 0 Å². The van der Waals surface area contributed by atoms with E-state index in [2.05, 4.69) is 0 Å². The third kappa shape index (κ3) is 1.63. The van der Waals surface area contributed by atoms with Gasteiger partial charge in [-0.1, -0.05) is 30.3 Å². The van der Waals surface area contributed by atoms with Crippen LogP contribution in [0.25, 0.3) is 0 Å². The van der Waals surface area contributed by atoms with Crippen molar-refractivity contribution in [3.05, 3.63) is 35.9 Å². The van der Waals surface area contributed by atoms with Crippen molar-refractivity contribution in [2.24, 2.45) is 0 Å². The topological polar surface area (TPSA) is 46.5 Å². The molecule has 1 aliphatic carbocycles. The molecule has 3 heteroatoms. The molecule has 1 saturated carbocycles. The Morgan fingerprint density at radius 3 is 2.40 bits per heavy atom. The molecule has 15 heavy (non-hydrogen) atoms. The lowest BCUT2D eigenvalue weighted by Crippen LogP contribution is -2.35. The average molecular weight is 206 g/mol. The number of methoxy groups -OCH3 is 1. The summed E-state index contributed by atoms with van der Waals surface area (Å²) in [4.78, 5) is 11.1. The fraction of sp³-hybridized carbons (Fsp3) is 0.417. The van der Waals surface area contributed by atoms with Crippen LogP contribution in [-0.4, -0.2) is 24.3 Å². The van der Waals surface area contributed by atoms with E-state index in [-0.39, 0.29) is 5.41 Å². The van der Waals surface area contributed by atoms with Crippen molar-refractivity contribution in [1.82, 2.24) is 0 Å². The quantitative estimate of drug-likeness (QED) is 0.817. The highest BCUT2D eigenvalue weighted by molar-refractivity contribution is 5.76. The van der Waals surface area contributed by atoms with E-state index in [1.807, 2.05) is 30.3 Å². The van der Waals surface area contributed by atoms with Gasteiger partial charge in [0.05, 0.1) is 0 Å². The number of carboxylic acids is 1. The molecule has 0 amide bonds. The summed E-state index contributed by atoms with van der Waals surface area (Å²) in [5.74, 6) is -0.876. The van der Waals surface area contributed by atoms with Gasteiger partial charge in [-0.3, -0.25) is 0 Å². The highest BCUT2D eigenvalue weighted by Gasteiger charge is 2.54. The van der Waals surface area contributed by atoms with E-state index < -0.39 is 12.1 Å². The minimum absolute atomic E-state index is 0.290. The van der Waals surface area contributed by atoms with Crippen molar-refractivity contribution in [2.45, 2.75) is 24.4 Å². The van der Waals surface area contributed by atoms with Crippen LogP contribution in [0.3, 0.4) is 0 Å². The number of ether oxygens (including phenoxy) is 1. The molecule has 2 rings (SSSR count). The second-order valence-electron chi connectivity index (χ2n) is 3.98. The van der Waals surface area contributed by atoms with Crippen LogP contribution in [0.1, 0.15) is 18.4 Å². The summed E-state index contributed by atoms with van der Waals surface area (Å²) in [5, 5.41) is 9.09. The zero-order valence-corrected chi connectivity index (χ0v) is 8.64. The second kappa shape index (κ2) is 3.66. The molecule has 0 aliphatic heterocycles. The highest BCUT2D eigenvalue weighted by Crippen LogP contribution is 2.51. The Morgan fingerprint density at radius 1 is 1.40 bits per heavy atom. The first-order valence-corrected chi connectivity index (χ1v) is 5.02. The monoisotopic (exact) mass is 206 g/mol. The van der Waals surface area contributed by atoms with Gasteiger partial charge in [0.1, 0.15) is 0 Å². The molecule has 0 heterocycles. The first-order chi connectivity index (χ1) is 7.20. The van der Waals surface area contributed by atoms with Crippen molar-refractivity contribution in [1.29, 1.82) is 0 Å². The zero-order chi connectivity index (χ0) is 10.9. The summed E-state index contributed by atoms with van der Waals surface area (Å²) in [5.41, 5.74) is 0.779. The SMILES string of the molecule is COC(C(=O)O)C1(c2ccccc2)CC1. The molecule has 0 spiro atoms. The van der Waals surface area contributed by atoms with Gasteiger partial charge < -0.3 is 9.84 Å². The third-order valence-electron chi connectivity index (χ3n) is 3.10. The van der Waals surface area contributed by atoms with Crippen LogP contribution in [0.5, 0.6) is 0 Å². The van der Waals surface area contributed by atoms with Crippen LogP contribution in [0.15, 0.2) is 30.3 Å². The summed E-state index contributed by atoms with van der Waals surface area (Å²) in [7, 11) is 1.46. The Labute approximate surface area is 88.7 Å². The molecule has 1 atom stereocenters. The Bertz CT molecular complexity index is 354. The van der Waals surface area contributed by atoms with Crippen molar-refractivity contribution >= 4 is 5.97 Å². The Balaban J connectivity index is 2.31. The maximum absolute atomic E-state index is 11.1. The molecule has 1 aromatic carbocycles. The smallest absolute Gasteiger partial charge is 0.333 e. The number of carboxylic acid groups (broad SMARTS) is 1. The van der Waals surface area contributed by atoms with E-state index in [0.717, 1.165) is 18.4 Å². The predicted molar refractivity (Wildman–Crippen MR) is 55.8 cm³/mol. The van der Waals surface area contributed by atoms with Crippen LogP contribution < -0.4 is 0 Å². The first kappa shape index (κ1) is 10.2. The van der Waals surface area contributed by atoms with Gasteiger partial charge in [0.25, 0.3) is 0 Å². The molecular weight excluding hydrogens is 192 g/mol. The molecule has 1 fully saturated rings. The van der Waals surface area contributed by atoms with Gasteiger partial charge >= 0.3 is 5.97 Å². The maximum Gasteiger partial charge on any atom is 0.333 e. The number of carbonyl (C=O) groups is 1. The molecule has 0 saturated heterocycles. The second-order valence-corrected chi connectivity index (χ2v) is 3.98. The molecule has 1 aromatic rings. The van der Waals surface area contributed by atoms with Gasteiger partial charge in [0.15, 0.2) is 6.10 Å². The molecule has 1 aliphatic rings. The molecule has 0 radical (unpaired) electrons.